The van der Waals surface area contributed by atoms with Gasteiger partial charge >= 0.3 is 0 Å². The van der Waals surface area contributed by atoms with Crippen molar-refractivity contribution in [2.75, 3.05) is 0 Å². The zero-order valence-corrected chi connectivity index (χ0v) is 9.72. The molecule has 17 heavy (non-hydrogen) atoms. The number of aliphatic hydroxyl groups is 1. The molecule has 0 spiro atoms. The normalized spacial score (nSPS) is 10.5. The zero-order chi connectivity index (χ0) is 12.1. The Morgan fingerprint density at radius 1 is 0.824 bits per heavy atom. The summed E-state index contributed by atoms with van der Waals surface area (Å²) in [6.07, 6.45) is 0. The van der Waals surface area contributed by atoms with Crippen LogP contribution in [0.1, 0.15) is 18.1 Å². The van der Waals surface area contributed by atoms with Crippen LogP contribution >= 0.6 is 0 Å². The number of hydrogen-bond donors (Lipinski definition) is 1. The van der Waals surface area contributed by atoms with E-state index in [0.717, 1.165) is 11.1 Å². The predicted octanol–water partition coefficient (Wildman–Crippen LogP) is 2.95. The molecule has 0 fully saturated rings. The molecule has 0 radical (unpaired) electrons. The summed E-state index contributed by atoms with van der Waals surface area (Å²) >= 11 is 0. The molecule has 0 bridgehead atoms. The summed E-state index contributed by atoms with van der Waals surface area (Å²) in [4.78, 5) is 0. The van der Waals surface area contributed by atoms with Crippen LogP contribution in [0.15, 0.2) is 60.7 Å². The fraction of sp³-hybridized carbons (Fsp3) is 0.125. The topological polar surface area (TPSA) is 20.2 Å². The monoisotopic (exact) mass is 222 g/mol. The summed E-state index contributed by atoms with van der Waals surface area (Å²) in [6.45, 7) is 1.73. The Bertz CT molecular complexity index is 492. The highest BCUT2D eigenvalue weighted by atomic mass is 16.3. The molecule has 0 aliphatic carbocycles. The standard InChI is InChI=1S/C16H14O/c1-2-13-16(17,14-9-5-3-6-10-14)15-11-7-4-8-12-15/h3-12,17H,1H3. The molecular weight excluding hydrogens is 208 g/mol. The second-order valence-electron chi connectivity index (χ2n) is 3.82. The molecule has 0 aliphatic rings. The van der Waals surface area contributed by atoms with E-state index in [1.54, 1.807) is 6.92 Å². The highest BCUT2D eigenvalue weighted by molar-refractivity contribution is 5.43. The van der Waals surface area contributed by atoms with E-state index >= 15 is 0 Å². The zero-order valence-electron chi connectivity index (χ0n) is 9.72. The molecule has 0 aromatic heterocycles. The van der Waals surface area contributed by atoms with Gasteiger partial charge in [0.25, 0.3) is 0 Å². The Morgan fingerprint density at radius 2 is 1.24 bits per heavy atom. The fourth-order valence-corrected chi connectivity index (χ4v) is 1.85. The molecule has 0 aliphatic heterocycles. The van der Waals surface area contributed by atoms with E-state index in [1.807, 2.05) is 60.7 Å². The van der Waals surface area contributed by atoms with Crippen molar-refractivity contribution in [2.45, 2.75) is 12.5 Å². The smallest absolute Gasteiger partial charge is 0.176 e. The molecule has 1 N–H and O–H groups in total. The summed E-state index contributed by atoms with van der Waals surface area (Å²) in [6, 6.07) is 19.0. The Morgan fingerprint density at radius 3 is 1.59 bits per heavy atom. The summed E-state index contributed by atoms with van der Waals surface area (Å²) < 4.78 is 0. The van der Waals surface area contributed by atoms with Crippen LogP contribution in [-0.4, -0.2) is 5.11 Å². The number of benzene rings is 2. The van der Waals surface area contributed by atoms with Crippen LogP contribution in [0.5, 0.6) is 0 Å². The van der Waals surface area contributed by atoms with E-state index in [-0.39, 0.29) is 0 Å². The molecule has 2 aromatic rings. The van der Waals surface area contributed by atoms with Crippen molar-refractivity contribution in [1.82, 2.24) is 0 Å². The van der Waals surface area contributed by atoms with Crippen molar-refractivity contribution in [3.63, 3.8) is 0 Å². The van der Waals surface area contributed by atoms with Crippen LogP contribution in [0.2, 0.25) is 0 Å². The molecule has 1 heteroatoms. The Labute approximate surface area is 102 Å². The van der Waals surface area contributed by atoms with Gasteiger partial charge in [0.15, 0.2) is 5.60 Å². The van der Waals surface area contributed by atoms with Crippen molar-refractivity contribution >= 4 is 0 Å². The first-order chi connectivity index (χ1) is 8.27. The molecule has 0 amide bonds. The van der Waals surface area contributed by atoms with Crippen LogP contribution in [0, 0.1) is 11.8 Å². The summed E-state index contributed by atoms with van der Waals surface area (Å²) in [5.41, 5.74) is 0.359. The van der Waals surface area contributed by atoms with Gasteiger partial charge in [0.05, 0.1) is 0 Å². The number of hydrogen-bond acceptors (Lipinski definition) is 1. The summed E-state index contributed by atoms with van der Waals surface area (Å²) in [7, 11) is 0. The first kappa shape index (κ1) is 11.4. The molecule has 2 aromatic carbocycles. The minimum absolute atomic E-state index is 0.792. The third-order valence-corrected chi connectivity index (χ3v) is 2.69. The van der Waals surface area contributed by atoms with E-state index < -0.39 is 5.60 Å². The molecule has 0 saturated carbocycles. The van der Waals surface area contributed by atoms with Gasteiger partial charge in [0.2, 0.25) is 0 Å². The van der Waals surface area contributed by atoms with E-state index in [1.165, 1.54) is 0 Å². The van der Waals surface area contributed by atoms with Gasteiger partial charge in [0.1, 0.15) is 0 Å². The van der Waals surface area contributed by atoms with Crippen LogP contribution in [-0.2, 0) is 5.60 Å². The van der Waals surface area contributed by atoms with E-state index in [9.17, 15) is 5.11 Å². The molecular formula is C16H14O. The third-order valence-electron chi connectivity index (χ3n) is 2.69. The molecule has 2 rings (SSSR count). The highest BCUT2D eigenvalue weighted by Gasteiger charge is 2.28. The lowest BCUT2D eigenvalue weighted by Crippen LogP contribution is -2.25. The largest absolute Gasteiger partial charge is 0.369 e. The maximum atomic E-state index is 10.8. The maximum Gasteiger partial charge on any atom is 0.176 e. The van der Waals surface area contributed by atoms with E-state index in [2.05, 4.69) is 11.8 Å². The second kappa shape index (κ2) is 4.86. The summed E-state index contributed by atoms with van der Waals surface area (Å²) in [5, 5.41) is 10.8. The molecule has 84 valence electrons. The van der Waals surface area contributed by atoms with Crippen molar-refractivity contribution in [2.24, 2.45) is 0 Å². The second-order valence-corrected chi connectivity index (χ2v) is 3.82. The molecule has 0 unspecified atom stereocenters. The minimum atomic E-state index is -1.22. The maximum absolute atomic E-state index is 10.8. The van der Waals surface area contributed by atoms with Crippen LogP contribution < -0.4 is 0 Å². The molecule has 0 atom stereocenters. The van der Waals surface area contributed by atoms with Crippen LogP contribution in [0.4, 0.5) is 0 Å². The van der Waals surface area contributed by atoms with Gasteiger partial charge in [-0.3, -0.25) is 0 Å². The predicted molar refractivity (Wildman–Crippen MR) is 69.3 cm³/mol. The average Bonchev–Trinajstić information content (AvgIpc) is 2.41. The summed E-state index contributed by atoms with van der Waals surface area (Å²) in [5.74, 6) is 5.70. The lowest BCUT2D eigenvalue weighted by Gasteiger charge is -2.23. The average molecular weight is 222 g/mol. The fourth-order valence-electron chi connectivity index (χ4n) is 1.85. The SMILES string of the molecule is CC#CC(O)(c1ccccc1)c1ccccc1. The van der Waals surface area contributed by atoms with Crippen molar-refractivity contribution in [3.05, 3.63) is 71.8 Å². The first-order valence-corrected chi connectivity index (χ1v) is 5.54. The Hall–Kier alpha value is -2.04. The minimum Gasteiger partial charge on any atom is -0.369 e. The van der Waals surface area contributed by atoms with Crippen molar-refractivity contribution in [1.29, 1.82) is 0 Å². The van der Waals surface area contributed by atoms with Crippen molar-refractivity contribution < 1.29 is 5.11 Å². The van der Waals surface area contributed by atoms with E-state index in [4.69, 9.17) is 0 Å². The third kappa shape index (κ3) is 2.22. The van der Waals surface area contributed by atoms with E-state index in [0.29, 0.717) is 0 Å². The van der Waals surface area contributed by atoms with Gasteiger partial charge in [-0.25, -0.2) is 0 Å². The van der Waals surface area contributed by atoms with Gasteiger partial charge < -0.3 is 5.11 Å². The van der Waals surface area contributed by atoms with Gasteiger partial charge in [-0.15, -0.1) is 5.92 Å². The molecule has 1 nitrogen and oxygen atoms in total. The first-order valence-electron chi connectivity index (χ1n) is 5.54. The Kier molecular flexibility index (Phi) is 3.27. The lowest BCUT2D eigenvalue weighted by molar-refractivity contribution is 0.145. The van der Waals surface area contributed by atoms with Gasteiger partial charge in [-0.1, -0.05) is 66.6 Å². The lowest BCUT2D eigenvalue weighted by atomic mass is 9.87. The Balaban J connectivity index is 2.58. The van der Waals surface area contributed by atoms with Crippen LogP contribution in [0.3, 0.4) is 0 Å². The van der Waals surface area contributed by atoms with Crippen LogP contribution in [0.25, 0.3) is 0 Å². The highest BCUT2D eigenvalue weighted by Crippen LogP contribution is 2.28. The number of rotatable bonds is 2. The van der Waals surface area contributed by atoms with Gasteiger partial charge in [-0.2, -0.15) is 0 Å². The van der Waals surface area contributed by atoms with Crippen molar-refractivity contribution in [3.8, 4) is 11.8 Å². The quantitative estimate of drug-likeness (QED) is 0.774. The molecule has 0 heterocycles. The molecule has 0 saturated heterocycles. The van der Waals surface area contributed by atoms with Gasteiger partial charge in [0, 0.05) is 11.1 Å². The van der Waals surface area contributed by atoms with Gasteiger partial charge in [-0.05, 0) is 6.92 Å².